The number of ether oxygens (including phenoxy) is 3. The highest BCUT2D eigenvalue weighted by Crippen LogP contribution is 2.68. The van der Waals surface area contributed by atoms with Crippen LogP contribution in [0.2, 0.25) is 5.15 Å². The van der Waals surface area contributed by atoms with Crippen LogP contribution in [0.1, 0.15) is 25.8 Å². The molecule has 2 aromatic heterocycles. The van der Waals surface area contributed by atoms with Gasteiger partial charge in [-0.25, -0.2) is 15.0 Å². The fourth-order valence-corrected chi connectivity index (χ4v) is 5.66. The lowest BCUT2D eigenvalue weighted by molar-refractivity contribution is -0.163. The normalized spacial score (nSPS) is 33.6. The molecule has 0 amide bonds. The Morgan fingerprint density at radius 2 is 2.00 bits per heavy atom. The van der Waals surface area contributed by atoms with Gasteiger partial charge in [-0.2, -0.15) is 0 Å². The molecule has 0 N–H and O–H groups in total. The zero-order chi connectivity index (χ0) is 20.5. The molecule has 156 valence electrons. The van der Waals surface area contributed by atoms with E-state index in [0.717, 1.165) is 12.1 Å². The van der Waals surface area contributed by atoms with Crippen molar-refractivity contribution in [2.75, 3.05) is 6.61 Å². The van der Waals surface area contributed by atoms with Gasteiger partial charge in [0.2, 0.25) is 0 Å². The Labute approximate surface area is 179 Å². The summed E-state index contributed by atoms with van der Waals surface area (Å²) in [5.41, 5.74) is 2.31. The fourth-order valence-electron chi connectivity index (χ4n) is 5.48. The summed E-state index contributed by atoms with van der Waals surface area (Å²) >= 11 is 6.25. The van der Waals surface area contributed by atoms with Crippen molar-refractivity contribution in [3.05, 3.63) is 53.7 Å². The summed E-state index contributed by atoms with van der Waals surface area (Å²) in [4.78, 5) is 13.0. The SMILES string of the molecule is CC1(C)O[C@H]2[C@H](COCc3ccccc3)[C@H]3C[C@@]3(n3cnc4c(Cl)ncnc43)[C@H]2O1. The summed E-state index contributed by atoms with van der Waals surface area (Å²) in [5.74, 6) is -0.00268. The molecule has 8 heteroatoms. The molecule has 0 spiro atoms. The van der Waals surface area contributed by atoms with E-state index in [4.69, 9.17) is 25.8 Å². The van der Waals surface area contributed by atoms with Crippen molar-refractivity contribution in [3.63, 3.8) is 0 Å². The summed E-state index contributed by atoms with van der Waals surface area (Å²) in [6, 6.07) is 10.2. The van der Waals surface area contributed by atoms with Crippen LogP contribution in [0.25, 0.3) is 11.2 Å². The summed E-state index contributed by atoms with van der Waals surface area (Å²) in [6.07, 6.45) is 4.20. The zero-order valence-electron chi connectivity index (χ0n) is 16.9. The van der Waals surface area contributed by atoms with Crippen LogP contribution in [-0.4, -0.2) is 44.1 Å². The van der Waals surface area contributed by atoms with Crippen molar-refractivity contribution >= 4 is 22.8 Å². The molecule has 0 unspecified atom stereocenters. The van der Waals surface area contributed by atoms with Gasteiger partial charge < -0.3 is 18.8 Å². The number of fused-ring (bicyclic) bond motifs is 4. The van der Waals surface area contributed by atoms with Gasteiger partial charge >= 0.3 is 0 Å². The number of nitrogens with zero attached hydrogens (tertiary/aromatic N) is 4. The van der Waals surface area contributed by atoms with Gasteiger partial charge in [0.15, 0.2) is 16.6 Å². The van der Waals surface area contributed by atoms with Gasteiger partial charge in [0.25, 0.3) is 0 Å². The molecule has 6 rings (SSSR count). The molecule has 30 heavy (non-hydrogen) atoms. The lowest BCUT2D eigenvalue weighted by Gasteiger charge is -2.25. The van der Waals surface area contributed by atoms with E-state index in [-0.39, 0.29) is 23.7 Å². The Kier molecular flexibility index (Phi) is 4.03. The van der Waals surface area contributed by atoms with Crippen molar-refractivity contribution in [2.45, 2.75) is 50.4 Å². The first-order valence-corrected chi connectivity index (χ1v) is 10.7. The van der Waals surface area contributed by atoms with Gasteiger partial charge in [-0.1, -0.05) is 41.9 Å². The van der Waals surface area contributed by atoms with Crippen LogP contribution in [0, 0.1) is 11.8 Å². The molecule has 0 radical (unpaired) electrons. The average Bonchev–Trinajstić information content (AvgIpc) is 3.01. The second-order valence-corrected chi connectivity index (χ2v) is 9.30. The topological polar surface area (TPSA) is 71.3 Å². The first kappa shape index (κ1) is 18.7. The third kappa shape index (κ3) is 2.66. The molecule has 3 heterocycles. The lowest BCUT2D eigenvalue weighted by atomic mass is 10.0. The van der Waals surface area contributed by atoms with E-state index < -0.39 is 5.79 Å². The first-order valence-electron chi connectivity index (χ1n) is 10.3. The number of hydrogen-bond acceptors (Lipinski definition) is 6. The Balaban J connectivity index is 1.31. The minimum absolute atomic E-state index is 0.0238. The number of hydrogen-bond donors (Lipinski definition) is 0. The monoisotopic (exact) mass is 426 g/mol. The molecule has 2 saturated carbocycles. The highest BCUT2D eigenvalue weighted by molar-refractivity contribution is 6.33. The molecule has 3 aliphatic rings. The first-order chi connectivity index (χ1) is 14.5. The molecule has 2 aliphatic carbocycles. The Hall–Kier alpha value is -2.06. The second kappa shape index (κ2) is 6.47. The second-order valence-electron chi connectivity index (χ2n) is 8.94. The number of rotatable bonds is 5. The summed E-state index contributed by atoms with van der Waals surface area (Å²) < 4.78 is 21.1. The minimum Gasteiger partial charge on any atom is -0.376 e. The number of imidazole rings is 1. The molecule has 1 aliphatic heterocycles. The maximum Gasteiger partial charge on any atom is 0.165 e. The van der Waals surface area contributed by atoms with E-state index >= 15 is 0 Å². The Morgan fingerprint density at radius 3 is 2.83 bits per heavy atom. The van der Waals surface area contributed by atoms with Gasteiger partial charge in [-0.3, -0.25) is 0 Å². The fraction of sp³-hybridized carbons (Fsp3) is 0.500. The van der Waals surface area contributed by atoms with Crippen LogP contribution in [0.15, 0.2) is 43.0 Å². The number of benzene rings is 1. The molecule has 5 atom stereocenters. The molecule has 1 saturated heterocycles. The smallest absolute Gasteiger partial charge is 0.165 e. The van der Waals surface area contributed by atoms with Gasteiger partial charge in [0, 0.05) is 5.92 Å². The van der Waals surface area contributed by atoms with Crippen LogP contribution in [0.5, 0.6) is 0 Å². The maximum atomic E-state index is 6.43. The van der Waals surface area contributed by atoms with Crippen molar-refractivity contribution in [2.24, 2.45) is 11.8 Å². The molecule has 3 aromatic rings. The Morgan fingerprint density at radius 1 is 1.17 bits per heavy atom. The van der Waals surface area contributed by atoms with Gasteiger partial charge in [-0.05, 0) is 31.7 Å². The number of halogens is 1. The molecular weight excluding hydrogens is 404 g/mol. The third-order valence-corrected chi connectivity index (χ3v) is 7.03. The van der Waals surface area contributed by atoms with E-state index in [0.29, 0.717) is 29.8 Å². The van der Waals surface area contributed by atoms with E-state index in [2.05, 4.69) is 31.7 Å². The lowest BCUT2D eigenvalue weighted by Crippen LogP contribution is -2.37. The van der Waals surface area contributed by atoms with Gasteiger partial charge in [-0.15, -0.1) is 0 Å². The van der Waals surface area contributed by atoms with Crippen molar-refractivity contribution in [1.82, 2.24) is 19.5 Å². The Bertz CT molecular complexity index is 1100. The quantitative estimate of drug-likeness (QED) is 0.581. The van der Waals surface area contributed by atoms with Crippen LogP contribution >= 0.6 is 11.6 Å². The maximum absolute atomic E-state index is 6.43. The molecule has 1 aromatic carbocycles. The van der Waals surface area contributed by atoms with E-state index in [1.165, 1.54) is 11.9 Å². The molecule has 0 bridgehead atoms. The van der Waals surface area contributed by atoms with Crippen LogP contribution < -0.4 is 0 Å². The summed E-state index contributed by atoms with van der Waals surface area (Å²) in [7, 11) is 0. The van der Waals surface area contributed by atoms with E-state index in [9.17, 15) is 0 Å². The highest BCUT2D eigenvalue weighted by atomic mass is 35.5. The zero-order valence-corrected chi connectivity index (χ0v) is 17.6. The predicted octanol–water partition coefficient (Wildman–Crippen LogP) is 3.56. The van der Waals surface area contributed by atoms with E-state index in [1.54, 1.807) is 0 Å². The van der Waals surface area contributed by atoms with Crippen molar-refractivity contribution in [1.29, 1.82) is 0 Å². The predicted molar refractivity (Wildman–Crippen MR) is 110 cm³/mol. The standard InChI is InChI=1S/C22H23ClN4O3/c1-21(2)29-17-14(10-28-9-13-6-4-3-5-7-13)15-8-22(15,18(17)30-21)27-12-26-16-19(23)24-11-25-20(16)27/h3-7,11-12,14-15,17-18H,8-10H2,1-2H3/t14-,15-,17+,18+,22+/m1/s1. The molecule has 7 nitrogen and oxygen atoms in total. The molecule has 3 fully saturated rings. The highest BCUT2D eigenvalue weighted by Gasteiger charge is 2.76. The van der Waals surface area contributed by atoms with Crippen LogP contribution in [-0.2, 0) is 26.4 Å². The molecular formula is C22H23ClN4O3. The van der Waals surface area contributed by atoms with Crippen LogP contribution in [0.4, 0.5) is 0 Å². The minimum atomic E-state index is -0.628. The van der Waals surface area contributed by atoms with Crippen molar-refractivity contribution < 1.29 is 14.2 Å². The van der Waals surface area contributed by atoms with E-state index in [1.807, 2.05) is 38.4 Å². The van der Waals surface area contributed by atoms with Gasteiger partial charge in [0.1, 0.15) is 17.9 Å². The summed E-state index contributed by atoms with van der Waals surface area (Å²) in [5, 5.41) is 0.369. The third-order valence-electron chi connectivity index (χ3n) is 6.75. The summed E-state index contributed by atoms with van der Waals surface area (Å²) in [6.45, 7) is 5.17. The van der Waals surface area contributed by atoms with Crippen LogP contribution in [0.3, 0.4) is 0 Å². The number of aromatic nitrogens is 4. The van der Waals surface area contributed by atoms with Gasteiger partial charge in [0.05, 0.1) is 31.2 Å². The average molecular weight is 427 g/mol. The van der Waals surface area contributed by atoms with Crippen molar-refractivity contribution in [3.8, 4) is 0 Å². The largest absolute Gasteiger partial charge is 0.376 e.